The molecule has 0 aromatic rings. The number of hydrogen-bond donors (Lipinski definition) is 0. The van der Waals surface area contributed by atoms with Crippen molar-refractivity contribution in [2.75, 3.05) is 11.9 Å². The van der Waals surface area contributed by atoms with E-state index in [1.807, 2.05) is 0 Å². The van der Waals surface area contributed by atoms with E-state index in [-0.39, 0.29) is 0 Å². The van der Waals surface area contributed by atoms with Gasteiger partial charge < -0.3 is 4.74 Å². The first kappa shape index (κ1) is 15.8. The zero-order chi connectivity index (χ0) is 14.3. The lowest BCUT2D eigenvalue weighted by Crippen LogP contribution is -2.40. The van der Waals surface area contributed by atoms with Crippen LogP contribution in [0.3, 0.4) is 0 Å². The Hall–Kier alpha value is 0.440. The summed E-state index contributed by atoms with van der Waals surface area (Å²) in [7, 11) is 0. The fourth-order valence-electron chi connectivity index (χ4n) is 4.34. The highest BCUT2D eigenvalue weighted by Crippen LogP contribution is 2.66. The molecule has 0 N–H and O–H groups in total. The zero-order valence-corrected chi connectivity index (χ0v) is 15.0. The van der Waals surface area contributed by atoms with Crippen molar-refractivity contribution in [2.45, 2.75) is 72.8 Å². The molecule has 0 heterocycles. The minimum Gasteiger partial charge on any atom is -0.377 e. The monoisotopic (exact) mass is 330 g/mol. The van der Waals surface area contributed by atoms with Crippen molar-refractivity contribution < 1.29 is 4.74 Å². The van der Waals surface area contributed by atoms with Crippen molar-refractivity contribution in [3.05, 3.63) is 0 Å². The summed E-state index contributed by atoms with van der Waals surface area (Å²) in [6.45, 7) is 12.9. The van der Waals surface area contributed by atoms with Crippen molar-refractivity contribution in [3.8, 4) is 0 Å². The van der Waals surface area contributed by atoms with Crippen LogP contribution in [0.4, 0.5) is 0 Å². The summed E-state index contributed by atoms with van der Waals surface area (Å²) in [6, 6.07) is 0. The first-order chi connectivity index (χ1) is 8.85. The molecule has 2 aliphatic rings. The zero-order valence-electron chi connectivity index (χ0n) is 13.4. The number of hydrogen-bond acceptors (Lipinski definition) is 1. The maximum atomic E-state index is 6.48. The Morgan fingerprint density at radius 3 is 2.21 bits per heavy atom. The summed E-state index contributed by atoms with van der Waals surface area (Å²) < 4.78 is 6.48. The Morgan fingerprint density at radius 2 is 1.84 bits per heavy atom. The minimum atomic E-state index is 0.336. The van der Waals surface area contributed by atoms with Crippen LogP contribution in [0.15, 0.2) is 0 Å². The Labute approximate surface area is 128 Å². The van der Waals surface area contributed by atoms with E-state index in [2.05, 4.69) is 50.5 Å². The number of rotatable bonds is 6. The van der Waals surface area contributed by atoms with E-state index in [1.54, 1.807) is 0 Å². The summed E-state index contributed by atoms with van der Waals surface area (Å²) >= 11 is 3.70. The molecule has 1 nitrogen and oxygen atoms in total. The van der Waals surface area contributed by atoms with Gasteiger partial charge in [0.25, 0.3) is 0 Å². The van der Waals surface area contributed by atoms with Crippen LogP contribution in [0.2, 0.25) is 0 Å². The topological polar surface area (TPSA) is 9.23 Å². The molecular weight excluding hydrogens is 300 g/mol. The van der Waals surface area contributed by atoms with Gasteiger partial charge in [0.1, 0.15) is 0 Å². The lowest BCUT2D eigenvalue weighted by atomic mass is 9.70. The second-order valence-electron chi connectivity index (χ2n) is 7.75. The van der Waals surface area contributed by atoms with Gasteiger partial charge in [-0.3, -0.25) is 0 Å². The molecule has 0 aromatic carbocycles. The van der Waals surface area contributed by atoms with Gasteiger partial charge in [0.05, 0.1) is 12.7 Å². The summed E-state index contributed by atoms with van der Waals surface area (Å²) in [4.78, 5) is 0. The molecule has 2 rings (SSSR count). The fraction of sp³-hybridized carbons (Fsp3) is 1.00. The Morgan fingerprint density at radius 1 is 1.21 bits per heavy atom. The highest BCUT2D eigenvalue weighted by molar-refractivity contribution is 9.09. The molecule has 2 heteroatoms. The number of alkyl halides is 1. The fourth-order valence-corrected chi connectivity index (χ4v) is 5.30. The van der Waals surface area contributed by atoms with Gasteiger partial charge in [-0.15, -0.1) is 0 Å². The van der Waals surface area contributed by atoms with Crippen molar-refractivity contribution in [1.29, 1.82) is 0 Å². The third kappa shape index (κ3) is 2.31. The SMILES string of the molecule is CCC(CC)(CBr)COC1CC2CCC1(C)C2(C)C. The maximum Gasteiger partial charge on any atom is 0.0637 e. The summed E-state index contributed by atoms with van der Waals surface area (Å²) in [6.07, 6.45) is 6.94. The largest absolute Gasteiger partial charge is 0.377 e. The second-order valence-corrected chi connectivity index (χ2v) is 8.31. The highest BCUT2D eigenvalue weighted by atomic mass is 79.9. The molecule has 0 saturated heterocycles. The summed E-state index contributed by atoms with van der Waals surface area (Å²) in [5.41, 5.74) is 1.20. The molecule has 0 aromatic heterocycles. The Kier molecular flexibility index (Phi) is 4.44. The molecule has 0 amide bonds. The Bertz CT molecular complexity index is 313. The molecule has 3 atom stereocenters. The Balaban J connectivity index is 2.02. The summed E-state index contributed by atoms with van der Waals surface area (Å²) in [5, 5.41) is 1.06. The van der Waals surface area contributed by atoms with E-state index < -0.39 is 0 Å². The molecule has 2 bridgehead atoms. The van der Waals surface area contributed by atoms with E-state index in [4.69, 9.17) is 4.74 Å². The van der Waals surface area contributed by atoms with Crippen LogP contribution >= 0.6 is 15.9 Å². The van der Waals surface area contributed by atoms with Gasteiger partial charge in [-0.05, 0) is 48.9 Å². The second kappa shape index (κ2) is 5.33. The van der Waals surface area contributed by atoms with Gasteiger partial charge in [0, 0.05) is 10.7 Å². The average molecular weight is 331 g/mol. The standard InChI is InChI=1S/C17H31BrO/c1-6-17(7-2,11-18)12-19-14-10-13-8-9-16(14,5)15(13,3)4/h13-14H,6-12H2,1-5H3. The van der Waals surface area contributed by atoms with Gasteiger partial charge >= 0.3 is 0 Å². The van der Waals surface area contributed by atoms with E-state index in [0.717, 1.165) is 17.9 Å². The maximum absolute atomic E-state index is 6.48. The quantitative estimate of drug-likeness (QED) is 0.591. The van der Waals surface area contributed by atoms with Gasteiger partial charge in [-0.2, -0.15) is 0 Å². The molecule has 0 radical (unpaired) electrons. The van der Waals surface area contributed by atoms with Crippen LogP contribution < -0.4 is 0 Å². The van der Waals surface area contributed by atoms with E-state index in [9.17, 15) is 0 Å². The van der Waals surface area contributed by atoms with Crippen LogP contribution in [-0.2, 0) is 4.74 Å². The van der Waals surface area contributed by atoms with Gasteiger partial charge in [0.2, 0.25) is 0 Å². The van der Waals surface area contributed by atoms with Crippen molar-refractivity contribution >= 4 is 15.9 Å². The van der Waals surface area contributed by atoms with Crippen LogP contribution in [0, 0.1) is 22.2 Å². The molecule has 2 saturated carbocycles. The lowest BCUT2D eigenvalue weighted by Gasteiger charge is -2.40. The molecule has 19 heavy (non-hydrogen) atoms. The molecule has 0 aliphatic heterocycles. The molecule has 2 aliphatic carbocycles. The molecule has 112 valence electrons. The van der Waals surface area contributed by atoms with Crippen molar-refractivity contribution in [2.24, 2.45) is 22.2 Å². The lowest BCUT2D eigenvalue weighted by molar-refractivity contribution is -0.0757. The first-order valence-electron chi connectivity index (χ1n) is 8.03. The van der Waals surface area contributed by atoms with Crippen LogP contribution in [-0.4, -0.2) is 18.0 Å². The highest BCUT2D eigenvalue weighted by Gasteiger charge is 2.62. The van der Waals surface area contributed by atoms with Gasteiger partial charge in [0.15, 0.2) is 0 Å². The van der Waals surface area contributed by atoms with E-state index >= 15 is 0 Å². The van der Waals surface area contributed by atoms with Gasteiger partial charge in [-0.25, -0.2) is 0 Å². The molecule has 3 unspecified atom stereocenters. The van der Waals surface area contributed by atoms with Crippen LogP contribution in [0.1, 0.15) is 66.7 Å². The third-order valence-electron chi connectivity index (χ3n) is 7.09. The number of ether oxygens (including phenoxy) is 1. The molecular formula is C17H31BrO. The van der Waals surface area contributed by atoms with Crippen molar-refractivity contribution in [1.82, 2.24) is 0 Å². The molecule has 2 fully saturated rings. The smallest absolute Gasteiger partial charge is 0.0637 e. The van der Waals surface area contributed by atoms with E-state index in [1.165, 1.54) is 32.1 Å². The van der Waals surface area contributed by atoms with Gasteiger partial charge in [-0.1, -0.05) is 50.5 Å². The third-order valence-corrected chi connectivity index (χ3v) is 8.28. The number of halogens is 1. The number of fused-ring (bicyclic) bond motifs is 2. The predicted octanol–water partition coefficient (Wildman–Crippen LogP) is 5.42. The minimum absolute atomic E-state index is 0.336. The molecule has 0 spiro atoms. The van der Waals surface area contributed by atoms with Crippen LogP contribution in [0.25, 0.3) is 0 Å². The van der Waals surface area contributed by atoms with Crippen molar-refractivity contribution in [3.63, 3.8) is 0 Å². The average Bonchev–Trinajstić information content (AvgIpc) is 2.74. The first-order valence-corrected chi connectivity index (χ1v) is 9.15. The summed E-state index contributed by atoms with van der Waals surface area (Å²) in [5.74, 6) is 0.879. The van der Waals surface area contributed by atoms with Crippen LogP contribution in [0.5, 0.6) is 0 Å². The predicted molar refractivity (Wildman–Crippen MR) is 85.8 cm³/mol. The van der Waals surface area contributed by atoms with E-state index in [0.29, 0.717) is 22.3 Å². The normalized spacial score (nSPS) is 36.9.